The number of furan rings is 1. The van der Waals surface area contributed by atoms with Crippen LogP contribution in [0.25, 0.3) is 21.9 Å². The highest BCUT2D eigenvalue weighted by Gasteiger charge is 2.38. The number of ether oxygens (including phenoxy) is 1. The Balaban J connectivity index is 1.35. The molecule has 7 nitrogen and oxygen atoms in total. The highest BCUT2D eigenvalue weighted by atomic mass is 32.2. The highest BCUT2D eigenvalue weighted by Crippen LogP contribution is 2.40. The lowest BCUT2D eigenvalue weighted by Crippen LogP contribution is -2.49. The molecule has 1 aliphatic heterocycles. The van der Waals surface area contributed by atoms with Gasteiger partial charge in [-0.25, -0.2) is 8.42 Å². The van der Waals surface area contributed by atoms with Crippen LogP contribution in [-0.4, -0.2) is 27.0 Å². The summed E-state index contributed by atoms with van der Waals surface area (Å²) in [7, 11) is -3.98. The first-order chi connectivity index (χ1) is 19.0. The summed E-state index contributed by atoms with van der Waals surface area (Å²) in [5, 5.41) is 4.83. The van der Waals surface area contributed by atoms with Gasteiger partial charge in [-0.2, -0.15) is 0 Å². The van der Waals surface area contributed by atoms with E-state index in [1.54, 1.807) is 42.5 Å². The normalized spacial score (nSPS) is 15.6. The predicted molar refractivity (Wildman–Crippen MR) is 158 cm³/mol. The van der Waals surface area contributed by atoms with Crippen molar-refractivity contribution in [2.24, 2.45) is 0 Å². The number of benzene rings is 4. The Labute approximate surface area is 233 Å². The van der Waals surface area contributed by atoms with Crippen LogP contribution >= 0.6 is 0 Å². The molecule has 6 rings (SSSR count). The molecule has 0 bridgehead atoms. The Morgan fingerprint density at radius 2 is 1.62 bits per heavy atom. The molecule has 1 atom stereocenters. The Hall–Kier alpha value is -4.30. The number of carbonyl (C=O) groups is 1. The molecule has 0 saturated heterocycles. The maximum absolute atomic E-state index is 13.9. The van der Waals surface area contributed by atoms with Gasteiger partial charge in [0.15, 0.2) is 6.10 Å². The monoisotopic (exact) mass is 554 g/mol. The lowest BCUT2D eigenvalue weighted by atomic mass is 9.86. The van der Waals surface area contributed by atoms with Gasteiger partial charge in [0.25, 0.3) is 15.9 Å². The van der Waals surface area contributed by atoms with Crippen molar-refractivity contribution in [2.75, 3.05) is 16.2 Å². The van der Waals surface area contributed by atoms with E-state index < -0.39 is 22.0 Å². The third-order valence-corrected chi connectivity index (χ3v) is 9.04. The number of fused-ring (bicyclic) bond motifs is 4. The van der Waals surface area contributed by atoms with Crippen LogP contribution in [0, 0.1) is 6.92 Å². The van der Waals surface area contributed by atoms with Gasteiger partial charge in [0.1, 0.15) is 16.9 Å². The Bertz CT molecular complexity index is 1870. The SMILES string of the molecule is Cc1ccc(S(=O)(=O)N2C[C@@H](C(=O)Nc3ccc4c(c3)oc3ccccc34)Oc3ccc(C(C)(C)C)cc32)cc1. The maximum atomic E-state index is 13.9. The number of amides is 1. The van der Waals surface area contributed by atoms with Crippen molar-refractivity contribution in [1.29, 1.82) is 0 Å². The molecule has 1 N–H and O–H groups in total. The maximum Gasteiger partial charge on any atom is 0.267 e. The second-order valence-corrected chi connectivity index (χ2v) is 13.0. The van der Waals surface area contributed by atoms with E-state index in [-0.39, 0.29) is 16.9 Å². The largest absolute Gasteiger partial charge is 0.476 e. The van der Waals surface area contributed by atoms with Crippen molar-refractivity contribution in [3.63, 3.8) is 0 Å². The van der Waals surface area contributed by atoms with E-state index in [0.29, 0.717) is 22.7 Å². The van der Waals surface area contributed by atoms with Gasteiger partial charge in [-0.05, 0) is 60.4 Å². The van der Waals surface area contributed by atoms with E-state index in [1.807, 2.05) is 49.4 Å². The molecular weight excluding hydrogens is 524 g/mol. The molecule has 0 radical (unpaired) electrons. The zero-order valence-corrected chi connectivity index (χ0v) is 23.6. The standard InChI is InChI=1S/C32H30N2O5S/c1-20-9-13-23(14-10-20)40(36,37)34-19-30(39-28-16-11-21(17-26(28)34)32(2,3)4)31(35)33-22-12-15-25-24-7-5-6-8-27(24)38-29(25)18-22/h5-18,30H,19H2,1-4H3,(H,33,35)/t30-/m0/s1. The molecule has 4 aromatic carbocycles. The van der Waals surface area contributed by atoms with Crippen LogP contribution in [0.15, 0.2) is 94.2 Å². The van der Waals surface area contributed by atoms with E-state index >= 15 is 0 Å². The number of anilines is 2. The predicted octanol–water partition coefficient (Wildman–Crippen LogP) is 6.79. The van der Waals surface area contributed by atoms with Gasteiger partial charge >= 0.3 is 0 Å². The van der Waals surface area contributed by atoms with Gasteiger partial charge in [0, 0.05) is 22.5 Å². The van der Waals surface area contributed by atoms with Gasteiger partial charge in [-0.3, -0.25) is 9.10 Å². The zero-order chi connectivity index (χ0) is 28.2. The summed E-state index contributed by atoms with van der Waals surface area (Å²) in [5.74, 6) is -0.118. The van der Waals surface area contributed by atoms with E-state index in [1.165, 1.54) is 4.31 Å². The number of aryl methyl sites for hydroxylation is 1. The summed E-state index contributed by atoms with van der Waals surface area (Å²) in [6.07, 6.45) is -1.07. The van der Waals surface area contributed by atoms with Crippen molar-refractivity contribution in [1.82, 2.24) is 0 Å². The first-order valence-electron chi connectivity index (χ1n) is 13.1. The third kappa shape index (κ3) is 4.58. The molecule has 1 aliphatic rings. The average Bonchev–Trinajstić information content (AvgIpc) is 3.29. The molecule has 0 unspecified atom stereocenters. The van der Waals surface area contributed by atoms with Crippen LogP contribution in [0.1, 0.15) is 31.9 Å². The van der Waals surface area contributed by atoms with E-state index in [0.717, 1.165) is 27.5 Å². The fourth-order valence-electron chi connectivity index (χ4n) is 4.95. The van der Waals surface area contributed by atoms with Gasteiger partial charge in [0.05, 0.1) is 17.1 Å². The van der Waals surface area contributed by atoms with Crippen LogP contribution in [0.5, 0.6) is 5.75 Å². The van der Waals surface area contributed by atoms with E-state index in [4.69, 9.17) is 9.15 Å². The molecule has 1 aromatic heterocycles. The fraction of sp³-hybridized carbons (Fsp3) is 0.219. The molecule has 40 heavy (non-hydrogen) atoms. The van der Waals surface area contributed by atoms with Crippen LogP contribution in [-0.2, 0) is 20.2 Å². The molecule has 0 fully saturated rings. The van der Waals surface area contributed by atoms with Crippen molar-refractivity contribution >= 4 is 49.2 Å². The summed E-state index contributed by atoms with van der Waals surface area (Å²) in [5.41, 5.74) is 4.06. The fourth-order valence-corrected chi connectivity index (χ4v) is 6.41. The molecule has 8 heteroatoms. The topological polar surface area (TPSA) is 88.9 Å². The highest BCUT2D eigenvalue weighted by molar-refractivity contribution is 7.92. The summed E-state index contributed by atoms with van der Waals surface area (Å²) >= 11 is 0. The van der Waals surface area contributed by atoms with Crippen molar-refractivity contribution in [3.8, 4) is 5.75 Å². The van der Waals surface area contributed by atoms with Crippen LogP contribution in [0.2, 0.25) is 0 Å². The molecule has 204 valence electrons. The molecule has 2 heterocycles. The van der Waals surface area contributed by atoms with Gasteiger partial charge in [-0.15, -0.1) is 0 Å². The second-order valence-electron chi connectivity index (χ2n) is 11.2. The minimum atomic E-state index is -3.98. The molecule has 0 saturated carbocycles. The lowest BCUT2D eigenvalue weighted by molar-refractivity contribution is -0.122. The zero-order valence-electron chi connectivity index (χ0n) is 22.8. The lowest BCUT2D eigenvalue weighted by Gasteiger charge is -2.36. The van der Waals surface area contributed by atoms with Crippen LogP contribution in [0.4, 0.5) is 11.4 Å². The van der Waals surface area contributed by atoms with Crippen molar-refractivity contribution < 1.29 is 22.4 Å². The molecule has 5 aromatic rings. The van der Waals surface area contributed by atoms with Gasteiger partial charge in [0.2, 0.25) is 0 Å². The number of hydrogen-bond donors (Lipinski definition) is 1. The summed E-state index contributed by atoms with van der Waals surface area (Å²) in [6, 6.07) is 25.4. The quantitative estimate of drug-likeness (QED) is 0.264. The smallest absolute Gasteiger partial charge is 0.267 e. The minimum Gasteiger partial charge on any atom is -0.476 e. The van der Waals surface area contributed by atoms with E-state index in [9.17, 15) is 13.2 Å². The minimum absolute atomic E-state index is 0.154. The Morgan fingerprint density at radius 1 is 0.900 bits per heavy atom. The van der Waals surface area contributed by atoms with Gasteiger partial charge in [-0.1, -0.05) is 62.7 Å². The number of nitrogens with zero attached hydrogens (tertiary/aromatic N) is 1. The number of sulfonamides is 1. The first kappa shape index (κ1) is 26.0. The van der Waals surface area contributed by atoms with Crippen molar-refractivity contribution in [3.05, 3.63) is 96.1 Å². The Morgan fingerprint density at radius 3 is 2.38 bits per heavy atom. The molecule has 0 aliphatic carbocycles. The number of hydrogen-bond acceptors (Lipinski definition) is 5. The van der Waals surface area contributed by atoms with Crippen LogP contribution in [0.3, 0.4) is 0 Å². The number of carbonyl (C=O) groups excluding carboxylic acids is 1. The number of nitrogens with one attached hydrogen (secondary N) is 1. The second kappa shape index (κ2) is 9.41. The Kier molecular flexibility index (Phi) is 6.11. The molecular formula is C32H30N2O5S. The summed E-state index contributed by atoms with van der Waals surface area (Å²) < 4.78 is 41.2. The summed E-state index contributed by atoms with van der Waals surface area (Å²) in [4.78, 5) is 13.6. The van der Waals surface area contributed by atoms with Crippen molar-refractivity contribution in [2.45, 2.75) is 44.1 Å². The van der Waals surface area contributed by atoms with Gasteiger partial charge < -0.3 is 14.5 Å². The van der Waals surface area contributed by atoms with Crippen LogP contribution < -0.4 is 14.4 Å². The molecule has 1 amide bonds. The molecule has 0 spiro atoms. The average molecular weight is 555 g/mol. The number of para-hydroxylation sites is 1. The summed E-state index contributed by atoms with van der Waals surface area (Å²) in [6.45, 7) is 7.92. The number of rotatable bonds is 4. The van der Waals surface area contributed by atoms with E-state index in [2.05, 4.69) is 26.1 Å². The first-order valence-corrected chi connectivity index (χ1v) is 14.6. The third-order valence-electron chi connectivity index (χ3n) is 7.24.